The van der Waals surface area contributed by atoms with E-state index in [4.69, 9.17) is 29.2 Å². The number of hydrogen-bond acceptors (Lipinski definition) is 13. The van der Waals surface area contributed by atoms with Crippen LogP contribution in [0.3, 0.4) is 0 Å². The molecule has 4 rings (SSSR count). The molecule has 4 fully saturated rings. The minimum Gasteiger partial charge on any atom is -0.394 e. The van der Waals surface area contributed by atoms with E-state index in [0.29, 0.717) is 6.10 Å². The third-order valence-electron chi connectivity index (χ3n) is 4.77. The van der Waals surface area contributed by atoms with Crippen LogP contribution in [0.2, 0.25) is 0 Å². The minimum atomic E-state index is -2.22. The standard InChI is InChI=1S/C12H22O11.C3H6O.C2H4O/c13-1-4-6(16)8(18)9(19)11(21-4)23-12(3-15)10(20)7(17)5(2-14)22-12;1-3-2-4-3;1-2-3-1/h4-11,13-20H,1-3H2;3H,2H2,1H3;1-2H2/t4-,5-,6-,7-,8+,9-,10+,11-,12-;;/m1../s1. The van der Waals surface area contributed by atoms with Gasteiger partial charge in [-0.25, -0.2) is 0 Å². The van der Waals surface area contributed by atoms with Crippen LogP contribution in [0, 0.1) is 0 Å². The fourth-order valence-corrected chi connectivity index (χ4v) is 2.73. The molecule has 10 atom stereocenters. The van der Waals surface area contributed by atoms with Crippen molar-refractivity contribution in [3.8, 4) is 0 Å². The molecule has 13 nitrogen and oxygen atoms in total. The Morgan fingerprint density at radius 2 is 1.40 bits per heavy atom. The van der Waals surface area contributed by atoms with Crippen molar-refractivity contribution in [3.63, 3.8) is 0 Å². The highest BCUT2D eigenvalue weighted by molar-refractivity contribution is 4.98. The molecule has 0 aliphatic carbocycles. The Balaban J connectivity index is 0.000000382. The summed E-state index contributed by atoms with van der Waals surface area (Å²) in [5.74, 6) is -2.22. The van der Waals surface area contributed by atoms with Crippen LogP contribution >= 0.6 is 0 Å². The maximum atomic E-state index is 10.00. The predicted molar refractivity (Wildman–Crippen MR) is 94.9 cm³/mol. The Labute approximate surface area is 172 Å². The van der Waals surface area contributed by atoms with Gasteiger partial charge in [0.25, 0.3) is 0 Å². The van der Waals surface area contributed by atoms with Gasteiger partial charge in [0.2, 0.25) is 5.79 Å². The topological polar surface area (TPSA) is 215 Å². The van der Waals surface area contributed by atoms with Crippen LogP contribution in [0.1, 0.15) is 6.92 Å². The van der Waals surface area contributed by atoms with Crippen LogP contribution in [0.25, 0.3) is 0 Å². The van der Waals surface area contributed by atoms with Gasteiger partial charge in [-0.2, -0.15) is 0 Å². The first-order valence-corrected chi connectivity index (χ1v) is 9.64. The van der Waals surface area contributed by atoms with Gasteiger partial charge < -0.3 is 64.5 Å². The predicted octanol–water partition coefficient (Wildman–Crippen LogP) is -4.97. The highest BCUT2D eigenvalue weighted by atomic mass is 16.8. The second kappa shape index (κ2) is 11.4. The Bertz CT molecular complexity index is 499. The maximum absolute atomic E-state index is 10.00. The number of hydrogen-bond donors (Lipinski definition) is 8. The summed E-state index contributed by atoms with van der Waals surface area (Å²) in [5, 5.41) is 76.7. The van der Waals surface area contributed by atoms with E-state index in [1.54, 1.807) is 0 Å². The van der Waals surface area contributed by atoms with Gasteiger partial charge in [0.1, 0.15) is 49.3 Å². The molecule has 0 bridgehead atoms. The van der Waals surface area contributed by atoms with Crippen molar-refractivity contribution < 1.29 is 64.5 Å². The van der Waals surface area contributed by atoms with Crippen molar-refractivity contribution >= 4 is 0 Å². The number of aliphatic hydroxyl groups is 8. The lowest BCUT2D eigenvalue weighted by atomic mass is 9.99. The summed E-state index contributed by atoms with van der Waals surface area (Å²) in [5.41, 5.74) is 0. The average molecular weight is 444 g/mol. The van der Waals surface area contributed by atoms with Crippen molar-refractivity contribution in [1.82, 2.24) is 0 Å². The van der Waals surface area contributed by atoms with Crippen LogP contribution in [0.4, 0.5) is 0 Å². The molecule has 0 saturated carbocycles. The van der Waals surface area contributed by atoms with E-state index in [2.05, 4.69) is 11.7 Å². The van der Waals surface area contributed by atoms with Gasteiger partial charge in [-0.15, -0.1) is 0 Å². The van der Waals surface area contributed by atoms with Gasteiger partial charge in [-0.1, -0.05) is 0 Å². The van der Waals surface area contributed by atoms with E-state index in [1.165, 1.54) is 0 Å². The summed E-state index contributed by atoms with van der Waals surface area (Å²) in [6, 6.07) is 0. The molecule has 4 aliphatic heterocycles. The zero-order valence-corrected chi connectivity index (χ0v) is 16.6. The molecule has 0 aromatic heterocycles. The smallest absolute Gasteiger partial charge is 0.224 e. The molecule has 0 amide bonds. The number of ether oxygens (including phenoxy) is 5. The van der Waals surface area contributed by atoms with Gasteiger partial charge in [-0.3, -0.25) is 0 Å². The van der Waals surface area contributed by atoms with Crippen molar-refractivity contribution in [2.24, 2.45) is 0 Å². The molecule has 4 heterocycles. The molecule has 1 unspecified atom stereocenters. The van der Waals surface area contributed by atoms with E-state index < -0.39 is 74.6 Å². The number of aliphatic hydroxyl groups excluding tert-OH is 8. The van der Waals surface area contributed by atoms with E-state index in [-0.39, 0.29) is 0 Å². The van der Waals surface area contributed by atoms with Crippen molar-refractivity contribution in [2.45, 2.75) is 67.8 Å². The van der Waals surface area contributed by atoms with Crippen molar-refractivity contribution in [1.29, 1.82) is 0 Å². The molecule has 4 aliphatic rings. The lowest BCUT2D eigenvalue weighted by Crippen LogP contribution is -2.62. The van der Waals surface area contributed by atoms with Gasteiger partial charge in [0.05, 0.1) is 39.1 Å². The molecule has 0 radical (unpaired) electrons. The Hall–Kier alpha value is -0.520. The minimum absolute atomic E-state index is 0.583. The maximum Gasteiger partial charge on any atom is 0.224 e. The third kappa shape index (κ3) is 6.49. The van der Waals surface area contributed by atoms with Crippen LogP contribution in [0.5, 0.6) is 0 Å². The van der Waals surface area contributed by atoms with Gasteiger partial charge >= 0.3 is 0 Å². The first kappa shape index (κ1) is 25.7. The van der Waals surface area contributed by atoms with Crippen LogP contribution in [-0.2, 0) is 23.7 Å². The first-order chi connectivity index (χ1) is 14.2. The molecule has 8 N–H and O–H groups in total. The molecule has 0 aromatic rings. The fraction of sp³-hybridized carbons (Fsp3) is 1.00. The van der Waals surface area contributed by atoms with Crippen molar-refractivity contribution in [3.05, 3.63) is 0 Å². The van der Waals surface area contributed by atoms with Gasteiger partial charge in [-0.05, 0) is 6.92 Å². The summed E-state index contributed by atoms with van der Waals surface area (Å²) in [6.45, 7) is 2.72. The monoisotopic (exact) mass is 444 g/mol. The van der Waals surface area contributed by atoms with E-state index in [1.807, 2.05) is 0 Å². The summed E-state index contributed by atoms with van der Waals surface area (Å²) >= 11 is 0. The summed E-state index contributed by atoms with van der Waals surface area (Å²) in [4.78, 5) is 0. The SMILES string of the molecule is C1CO1.CC1CO1.OC[C@H]1O[C@](CO)(O[C@H]2O[C@H](CO)[C@@H](O)[C@H](O)[C@H]2O)[C@@H](O)[C@@H]1O. The van der Waals surface area contributed by atoms with Gasteiger partial charge in [0, 0.05) is 0 Å². The number of epoxide rings is 2. The van der Waals surface area contributed by atoms with E-state index in [9.17, 15) is 30.6 Å². The molecular formula is C17H32O13. The van der Waals surface area contributed by atoms with Crippen LogP contribution < -0.4 is 0 Å². The van der Waals surface area contributed by atoms with E-state index in [0.717, 1.165) is 19.8 Å². The molecule has 0 spiro atoms. The number of rotatable bonds is 5. The Morgan fingerprint density at radius 3 is 1.77 bits per heavy atom. The molecular weight excluding hydrogens is 412 g/mol. The Morgan fingerprint density at radius 1 is 0.867 bits per heavy atom. The lowest BCUT2D eigenvalue weighted by molar-refractivity contribution is -0.383. The van der Waals surface area contributed by atoms with Gasteiger partial charge in [0.15, 0.2) is 6.29 Å². The summed E-state index contributed by atoms with van der Waals surface area (Å²) in [7, 11) is 0. The Kier molecular flexibility index (Phi) is 9.76. The first-order valence-electron chi connectivity index (χ1n) is 9.64. The normalized spacial score (nSPS) is 46.9. The second-order valence-electron chi connectivity index (χ2n) is 7.32. The van der Waals surface area contributed by atoms with E-state index >= 15 is 0 Å². The molecule has 178 valence electrons. The zero-order valence-electron chi connectivity index (χ0n) is 16.6. The average Bonchev–Trinajstić information content (AvgIpc) is 3.66. The highest BCUT2D eigenvalue weighted by Gasteiger charge is 2.58. The molecule has 4 saturated heterocycles. The molecule has 0 aromatic carbocycles. The third-order valence-corrected chi connectivity index (χ3v) is 4.77. The highest BCUT2D eigenvalue weighted by Crippen LogP contribution is 2.35. The zero-order chi connectivity index (χ0) is 22.5. The van der Waals surface area contributed by atoms with Crippen molar-refractivity contribution in [2.75, 3.05) is 39.6 Å². The molecule has 30 heavy (non-hydrogen) atoms. The fourth-order valence-electron chi connectivity index (χ4n) is 2.73. The summed E-state index contributed by atoms with van der Waals surface area (Å²) in [6.07, 6.45) is -12.1. The molecule has 13 heteroatoms. The van der Waals surface area contributed by atoms with Crippen LogP contribution in [-0.4, -0.2) is 141 Å². The van der Waals surface area contributed by atoms with Crippen LogP contribution in [0.15, 0.2) is 0 Å². The second-order valence-corrected chi connectivity index (χ2v) is 7.32. The lowest BCUT2D eigenvalue weighted by Gasteiger charge is -2.43. The summed E-state index contributed by atoms with van der Waals surface area (Å²) < 4.78 is 24.7. The quantitative estimate of drug-likeness (QED) is 0.187. The largest absolute Gasteiger partial charge is 0.394 e.